The summed E-state index contributed by atoms with van der Waals surface area (Å²) in [5.41, 5.74) is 0.898. The molecule has 5 heteroatoms. The Bertz CT molecular complexity index is 374. The Labute approximate surface area is 80.9 Å². The monoisotopic (exact) mass is 194 g/mol. The minimum atomic E-state index is -0.432. The molecule has 0 aliphatic heterocycles. The summed E-state index contributed by atoms with van der Waals surface area (Å²) in [6.07, 6.45) is 3.36. The second kappa shape index (κ2) is 3.25. The predicted octanol–water partition coefficient (Wildman–Crippen LogP) is 1.88. The van der Waals surface area contributed by atoms with Crippen LogP contribution in [0.3, 0.4) is 0 Å². The van der Waals surface area contributed by atoms with Crippen molar-refractivity contribution >= 4 is 5.69 Å². The fourth-order valence-electron chi connectivity index (χ4n) is 1.41. The number of methoxy groups -OCH3 is 1. The molecule has 0 radical (unpaired) electrons. The van der Waals surface area contributed by atoms with Gasteiger partial charge >= 0.3 is 0 Å². The minimum absolute atomic E-state index is 0.0349. The maximum absolute atomic E-state index is 10.5. The number of nitrogens with zero attached hydrogens (tertiary/aromatic N) is 2. The van der Waals surface area contributed by atoms with E-state index in [9.17, 15) is 10.1 Å². The summed E-state index contributed by atoms with van der Waals surface area (Å²) in [5.74, 6) is 0.912. The van der Waals surface area contributed by atoms with Gasteiger partial charge in [-0.25, -0.2) is 4.98 Å². The van der Waals surface area contributed by atoms with E-state index in [-0.39, 0.29) is 5.69 Å². The van der Waals surface area contributed by atoms with E-state index in [1.807, 2.05) is 0 Å². The third-order valence-electron chi connectivity index (χ3n) is 2.29. The van der Waals surface area contributed by atoms with Gasteiger partial charge in [-0.2, -0.15) is 0 Å². The van der Waals surface area contributed by atoms with Crippen LogP contribution in [-0.2, 0) is 0 Å². The highest BCUT2D eigenvalue weighted by molar-refractivity contribution is 5.41. The van der Waals surface area contributed by atoms with Crippen LogP contribution in [0, 0.1) is 10.1 Å². The number of pyridine rings is 1. The highest BCUT2D eigenvalue weighted by atomic mass is 16.6. The zero-order valence-electron chi connectivity index (χ0n) is 7.77. The predicted molar refractivity (Wildman–Crippen MR) is 49.4 cm³/mol. The second-order valence-electron chi connectivity index (χ2n) is 3.32. The van der Waals surface area contributed by atoms with Gasteiger partial charge in [0.1, 0.15) is 6.20 Å². The Balaban J connectivity index is 2.41. The third kappa shape index (κ3) is 1.53. The molecule has 1 aromatic rings. The van der Waals surface area contributed by atoms with Crippen molar-refractivity contribution < 1.29 is 9.66 Å². The van der Waals surface area contributed by atoms with Gasteiger partial charge in [0.2, 0.25) is 5.88 Å². The Morgan fingerprint density at radius 3 is 2.86 bits per heavy atom. The Kier molecular flexibility index (Phi) is 2.07. The molecule has 1 aromatic heterocycles. The lowest BCUT2D eigenvalue weighted by Gasteiger charge is -2.04. The van der Waals surface area contributed by atoms with Crippen molar-refractivity contribution in [1.82, 2.24) is 4.98 Å². The molecule has 1 fully saturated rings. The molecule has 1 aliphatic rings. The fraction of sp³-hybridized carbons (Fsp3) is 0.444. The normalized spacial score (nSPS) is 15.2. The van der Waals surface area contributed by atoms with E-state index in [0.29, 0.717) is 11.8 Å². The summed E-state index contributed by atoms with van der Waals surface area (Å²) in [6, 6.07) is 1.56. The molecule has 5 nitrogen and oxygen atoms in total. The van der Waals surface area contributed by atoms with Crippen molar-refractivity contribution in [3.63, 3.8) is 0 Å². The molecule has 0 N–H and O–H groups in total. The topological polar surface area (TPSA) is 65.3 Å². The van der Waals surface area contributed by atoms with Crippen molar-refractivity contribution in [3.8, 4) is 5.88 Å². The number of hydrogen-bond donors (Lipinski definition) is 0. The maximum atomic E-state index is 10.5. The summed E-state index contributed by atoms with van der Waals surface area (Å²) in [5, 5.41) is 10.5. The number of hydrogen-bond acceptors (Lipinski definition) is 4. The van der Waals surface area contributed by atoms with Crippen LogP contribution in [0.15, 0.2) is 12.3 Å². The largest absolute Gasteiger partial charge is 0.481 e. The van der Waals surface area contributed by atoms with Gasteiger partial charge in [0.15, 0.2) is 0 Å². The van der Waals surface area contributed by atoms with Crippen LogP contribution in [0.25, 0.3) is 0 Å². The quantitative estimate of drug-likeness (QED) is 0.544. The molecule has 14 heavy (non-hydrogen) atoms. The summed E-state index contributed by atoms with van der Waals surface area (Å²) in [4.78, 5) is 14.0. The Hall–Kier alpha value is -1.65. The average Bonchev–Trinajstić information content (AvgIpc) is 3.00. The Morgan fingerprint density at radius 1 is 1.64 bits per heavy atom. The molecule has 0 spiro atoms. The van der Waals surface area contributed by atoms with Crippen LogP contribution in [0.5, 0.6) is 5.88 Å². The molecular weight excluding hydrogens is 184 g/mol. The van der Waals surface area contributed by atoms with E-state index in [4.69, 9.17) is 4.74 Å². The number of nitro groups is 1. The highest BCUT2D eigenvalue weighted by Crippen LogP contribution is 2.44. The molecule has 1 saturated carbocycles. The molecule has 0 amide bonds. The number of rotatable bonds is 3. The third-order valence-corrected chi connectivity index (χ3v) is 2.29. The van der Waals surface area contributed by atoms with Crippen molar-refractivity contribution in [1.29, 1.82) is 0 Å². The molecule has 2 rings (SSSR count). The average molecular weight is 194 g/mol. The summed E-state index contributed by atoms with van der Waals surface area (Å²) < 4.78 is 5.05. The lowest BCUT2D eigenvalue weighted by atomic mass is 10.1. The van der Waals surface area contributed by atoms with Gasteiger partial charge in [-0.05, 0) is 18.8 Å². The molecule has 0 bridgehead atoms. The second-order valence-corrected chi connectivity index (χ2v) is 3.32. The van der Waals surface area contributed by atoms with Gasteiger partial charge in [0.25, 0.3) is 5.69 Å². The lowest BCUT2D eigenvalue weighted by Crippen LogP contribution is -1.96. The van der Waals surface area contributed by atoms with Gasteiger partial charge < -0.3 is 4.74 Å². The van der Waals surface area contributed by atoms with E-state index in [1.54, 1.807) is 6.07 Å². The number of ether oxygens (including phenoxy) is 1. The van der Waals surface area contributed by atoms with E-state index >= 15 is 0 Å². The van der Waals surface area contributed by atoms with Crippen LogP contribution >= 0.6 is 0 Å². The molecule has 0 atom stereocenters. The van der Waals surface area contributed by atoms with Crippen LogP contribution in [0.1, 0.15) is 24.3 Å². The van der Waals surface area contributed by atoms with Gasteiger partial charge in [-0.15, -0.1) is 0 Å². The lowest BCUT2D eigenvalue weighted by molar-refractivity contribution is -0.385. The number of aromatic nitrogens is 1. The smallest absolute Gasteiger partial charge is 0.288 e. The van der Waals surface area contributed by atoms with Crippen LogP contribution < -0.4 is 4.74 Å². The van der Waals surface area contributed by atoms with E-state index in [0.717, 1.165) is 18.4 Å². The van der Waals surface area contributed by atoms with E-state index in [1.165, 1.54) is 13.3 Å². The summed E-state index contributed by atoms with van der Waals surface area (Å²) >= 11 is 0. The van der Waals surface area contributed by atoms with Gasteiger partial charge in [-0.3, -0.25) is 10.1 Å². The molecule has 0 unspecified atom stereocenters. The summed E-state index contributed by atoms with van der Waals surface area (Å²) in [7, 11) is 1.53. The van der Waals surface area contributed by atoms with Gasteiger partial charge in [0.05, 0.1) is 12.0 Å². The molecule has 0 aromatic carbocycles. The Morgan fingerprint density at radius 2 is 2.36 bits per heavy atom. The van der Waals surface area contributed by atoms with Crippen molar-refractivity contribution in [2.75, 3.05) is 7.11 Å². The van der Waals surface area contributed by atoms with Gasteiger partial charge in [0, 0.05) is 11.6 Å². The highest BCUT2D eigenvalue weighted by Gasteiger charge is 2.29. The summed E-state index contributed by atoms with van der Waals surface area (Å²) in [6.45, 7) is 0. The standard InChI is InChI=1S/C9H10N2O3/c1-14-9-8(6-2-3-6)4-7(5-10-9)11(12)13/h4-6H,2-3H2,1H3. The van der Waals surface area contributed by atoms with Crippen LogP contribution in [0.4, 0.5) is 5.69 Å². The first-order chi connectivity index (χ1) is 6.72. The van der Waals surface area contributed by atoms with Crippen LogP contribution in [0.2, 0.25) is 0 Å². The fourth-order valence-corrected chi connectivity index (χ4v) is 1.41. The van der Waals surface area contributed by atoms with Crippen molar-refractivity contribution in [3.05, 3.63) is 27.9 Å². The van der Waals surface area contributed by atoms with Crippen molar-refractivity contribution in [2.24, 2.45) is 0 Å². The molecular formula is C9H10N2O3. The van der Waals surface area contributed by atoms with Gasteiger partial charge in [-0.1, -0.05) is 0 Å². The van der Waals surface area contributed by atoms with E-state index < -0.39 is 4.92 Å². The SMILES string of the molecule is COc1ncc([N+](=O)[O-])cc1C1CC1. The molecule has 1 heterocycles. The molecule has 1 aliphatic carbocycles. The maximum Gasteiger partial charge on any atom is 0.288 e. The van der Waals surface area contributed by atoms with Crippen molar-refractivity contribution in [2.45, 2.75) is 18.8 Å². The minimum Gasteiger partial charge on any atom is -0.481 e. The first kappa shape index (κ1) is 8.93. The van der Waals surface area contributed by atoms with Crippen LogP contribution in [-0.4, -0.2) is 17.0 Å². The molecule has 74 valence electrons. The zero-order chi connectivity index (χ0) is 10.1. The molecule has 0 saturated heterocycles. The first-order valence-corrected chi connectivity index (χ1v) is 4.40. The zero-order valence-corrected chi connectivity index (χ0v) is 7.77. The van der Waals surface area contributed by atoms with E-state index in [2.05, 4.69) is 4.98 Å². The first-order valence-electron chi connectivity index (χ1n) is 4.40.